The van der Waals surface area contributed by atoms with Crippen LogP contribution in [0.5, 0.6) is 5.75 Å². The summed E-state index contributed by atoms with van der Waals surface area (Å²) < 4.78 is 12.0. The fourth-order valence-corrected chi connectivity index (χ4v) is 5.04. The van der Waals surface area contributed by atoms with Crippen molar-refractivity contribution in [2.45, 2.75) is 70.6 Å². The van der Waals surface area contributed by atoms with Gasteiger partial charge in [-0.2, -0.15) is 0 Å². The lowest BCUT2D eigenvalue weighted by Gasteiger charge is -2.41. The molecule has 2 atom stereocenters. The largest absolute Gasteiger partial charge is 0.484 e. The van der Waals surface area contributed by atoms with Crippen LogP contribution >= 0.6 is 0 Å². The molecule has 2 unspecified atom stereocenters. The third-order valence-corrected chi connectivity index (χ3v) is 6.67. The molecule has 0 N–H and O–H groups in total. The molecule has 158 valence electrons. The van der Waals surface area contributed by atoms with Crippen molar-refractivity contribution < 1.29 is 19.1 Å². The van der Waals surface area contributed by atoms with Crippen LogP contribution in [0.1, 0.15) is 61.9 Å². The average Bonchev–Trinajstić information content (AvgIpc) is 2.78. The molecule has 1 aromatic carbocycles. The Bertz CT molecular complexity index is 777. The van der Waals surface area contributed by atoms with E-state index in [0.29, 0.717) is 31.1 Å². The molecule has 2 fully saturated rings. The Morgan fingerprint density at radius 1 is 1.17 bits per heavy atom. The predicted octanol–water partition coefficient (Wildman–Crippen LogP) is 3.17. The molecular formula is C23H32N2O4. The summed E-state index contributed by atoms with van der Waals surface area (Å²) in [5, 5.41) is 0. The van der Waals surface area contributed by atoms with Gasteiger partial charge in [0, 0.05) is 24.9 Å². The SMILES string of the molecule is Cc1ccc2c(c1)C(=O)N(CC(=O)N1C(C)CCCC1C)CC1(CCOCC1)O2. The first-order valence-electron chi connectivity index (χ1n) is 10.9. The van der Waals surface area contributed by atoms with Crippen molar-refractivity contribution in [2.24, 2.45) is 0 Å². The molecule has 1 aromatic rings. The molecule has 0 radical (unpaired) electrons. The van der Waals surface area contributed by atoms with Gasteiger partial charge >= 0.3 is 0 Å². The van der Waals surface area contributed by atoms with Crippen molar-refractivity contribution in [3.63, 3.8) is 0 Å². The summed E-state index contributed by atoms with van der Waals surface area (Å²) in [5.41, 5.74) is 1.07. The number of amides is 2. The maximum Gasteiger partial charge on any atom is 0.258 e. The van der Waals surface area contributed by atoms with E-state index in [4.69, 9.17) is 9.47 Å². The van der Waals surface area contributed by atoms with E-state index in [9.17, 15) is 9.59 Å². The van der Waals surface area contributed by atoms with Gasteiger partial charge in [-0.15, -0.1) is 0 Å². The average molecular weight is 401 g/mol. The standard InChI is InChI=1S/C23H32N2O4/c1-16-7-8-20-19(13-16)22(27)24(15-23(29-20)9-11-28-12-10-23)14-21(26)25-17(2)5-4-6-18(25)3/h7-8,13,17-18H,4-6,9-12,14-15H2,1-3H3. The number of carbonyl (C=O) groups excluding carboxylic acids is 2. The molecule has 0 bridgehead atoms. The normalized spacial score (nSPS) is 26.7. The summed E-state index contributed by atoms with van der Waals surface area (Å²) in [6.07, 6.45) is 4.63. The van der Waals surface area contributed by atoms with Gasteiger partial charge in [0.25, 0.3) is 5.91 Å². The van der Waals surface area contributed by atoms with Crippen LogP contribution < -0.4 is 4.74 Å². The number of likely N-dealkylation sites (tertiary alicyclic amines) is 1. The number of rotatable bonds is 2. The highest BCUT2D eigenvalue weighted by molar-refractivity contribution is 5.99. The van der Waals surface area contributed by atoms with Gasteiger partial charge in [0.15, 0.2) is 0 Å². The minimum Gasteiger partial charge on any atom is -0.484 e. The van der Waals surface area contributed by atoms with Gasteiger partial charge in [0.05, 0.1) is 25.3 Å². The number of carbonyl (C=O) groups is 2. The molecule has 0 aromatic heterocycles. The van der Waals surface area contributed by atoms with Crippen LogP contribution in [0.3, 0.4) is 0 Å². The van der Waals surface area contributed by atoms with Crippen LogP contribution in [0.4, 0.5) is 0 Å². The Balaban J connectivity index is 1.64. The smallest absolute Gasteiger partial charge is 0.258 e. The predicted molar refractivity (Wildman–Crippen MR) is 110 cm³/mol. The van der Waals surface area contributed by atoms with Crippen LogP contribution in [-0.4, -0.2) is 65.6 Å². The van der Waals surface area contributed by atoms with Crippen molar-refractivity contribution in [1.29, 1.82) is 0 Å². The zero-order chi connectivity index (χ0) is 20.6. The summed E-state index contributed by atoms with van der Waals surface area (Å²) >= 11 is 0. The zero-order valence-electron chi connectivity index (χ0n) is 17.8. The number of nitrogens with zero attached hydrogens (tertiary/aromatic N) is 2. The number of aryl methyl sites for hydroxylation is 1. The fourth-order valence-electron chi connectivity index (χ4n) is 5.04. The molecule has 2 amide bonds. The Labute approximate surface area is 173 Å². The number of hydrogen-bond donors (Lipinski definition) is 0. The van der Waals surface area contributed by atoms with E-state index in [1.54, 1.807) is 4.90 Å². The maximum absolute atomic E-state index is 13.4. The van der Waals surface area contributed by atoms with Gasteiger partial charge in [-0.05, 0) is 52.2 Å². The van der Waals surface area contributed by atoms with Crippen LogP contribution in [0.25, 0.3) is 0 Å². The first-order chi connectivity index (χ1) is 13.9. The van der Waals surface area contributed by atoms with Crippen molar-refractivity contribution in [2.75, 3.05) is 26.3 Å². The molecular weight excluding hydrogens is 368 g/mol. The molecule has 2 saturated heterocycles. The van der Waals surface area contributed by atoms with E-state index in [0.717, 1.165) is 37.7 Å². The summed E-state index contributed by atoms with van der Waals surface area (Å²) in [6, 6.07) is 6.17. The minimum absolute atomic E-state index is 0.0383. The maximum atomic E-state index is 13.4. The van der Waals surface area contributed by atoms with Crippen molar-refractivity contribution in [3.05, 3.63) is 29.3 Å². The van der Waals surface area contributed by atoms with Crippen molar-refractivity contribution in [3.8, 4) is 5.75 Å². The highest BCUT2D eigenvalue weighted by Crippen LogP contribution is 2.35. The summed E-state index contributed by atoms with van der Waals surface area (Å²) in [7, 11) is 0. The van der Waals surface area contributed by atoms with Gasteiger partial charge in [-0.1, -0.05) is 11.6 Å². The van der Waals surface area contributed by atoms with E-state index in [1.165, 1.54) is 0 Å². The summed E-state index contributed by atoms with van der Waals surface area (Å²) in [5.74, 6) is 0.547. The molecule has 3 aliphatic rings. The number of hydrogen-bond acceptors (Lipinski definition) is 4. The molecule has 0 aliphatic carbocycles. The summed E-state index contributed by atoms with van der Waals surface area (Å²) in [6.45, 7) is 7.93. The van der Waals surface area contributed by atoms with E-state index >= 15 is 0 Å². The number of piperidine rings is 1. The quantitative estimate of drug-likeness (QED) is 0.765. The van der Waals surface area contributed by atoms with Crippen LogP contribution in [-0.2, 0) is 9.53 Å². The Hall–Kier alpha value is -2.08. The van der Waals surface area contributed by atoms with Crippen molar-refractivity contribution in [1.82, 2.24) is 9.80 Å². The second kappa shape index (κ2) is 7.98. The molecule has 0 saturated carbocycles. The molecule has 4 rings (SSSR count). The van der Waals surface area contributed by atoms with Gasteiger partial charge in [0.1, 0.15) is 17.9 Å². The topological polar surface area (TPSA) is 59.1 Å². The lowest BCUT2D eigenvalue weighted by atomic mass is 9.93. The Kier molecular flexibility index (Phi) is 5.56. The second-order valence-corrected chi connectivity index (χ2v) is 8.99. The van der Waals surface area contributed by atoms with Gasteiger partial charge in [0.2, 0.25) is 5.91 Å². The third kappa shape index (κ3) is 4.00. The zero-order valence-corrected chi connectivity index (χ0v) is 17.8. The molecule has 6 heteroatoms. The first-order valence-corrected chi connectivity index (χ1v) is 10.9. The molecule has 29 heavy (non-hydrogen) atoms. The highest BCUT2D eigenvalue weighted by atomic mass is 16.5. The number of benzene rings is 1. The fraction of sp³-hybridized carbons (Fsp3) is 0.652. The first kappa shape index (κ1) is 20.2. The molecule has 3 aliphatic heterocycles. The van der Waals surface area contributed by atoms with Crippen LogP contribution in [0, 0.1) is 6.92 Å². The Morgan fingerprint density at radius 2 is 1.86 bits per heavy atom. The minimum atomic E-state index is -0.492. The van der Waals surface area contributed by atoms with Crippen LogP contribution in [0.15, 0.2) is 18.2 Å². The lowest BCUT2D eigenvalue weighted by Crippen LogP contribution is -2.55. The molecule has 6 nitrogen and oxygen atoms in total. The van der Waals surface area contributed by atoms with E-state index in [-0.39, 0.29) is 30.4 Å². The lowest BCUT2D eigenvalue weighted by molar-refractivity contribution is -0.138. The van der Waals surface area contributed by atoms with Gasteiger partial charge in [-0.3, -0.25) is 9.59 Å². The van der Waals surface area contributed by atoms with Gasteiger partial charge < -0.3 is 19.3 Å². The number of ether oxygens (including phenoxy) is 2. The van der Waals surface area contributed by atoms with E-state index in [2.05, 4.69) is 13.8 Å². The van der Waals surface area contributed by atoms with E-state index < -0.39 is 5.60 Å². The third-order valence-electron chi connectivity index (χ3n) is 6.67. The van der Waals surface area contributed by atoms with E-state index in [1.807, 2.05) is 30.0 Å². The number of fused-ring (bicyclic) bond motifs is 1. The van der Waals surface area contributed by atoms with Crippen molar-refractivity contribution >= 4 is 11.8 Å². The highest BCUT2D eigenvalue weighted by Gasteiger charge is 2.43. The Morgan fingerprint density at radius 3 is 2.55 bits per heavy atom. The second-order valence-electron chi connectivity index (χ2n) is 8.99. The van der Waals surface area contributed by atoms with Gasteiger partial charge in [-0.25, -0.2) is 0 Å². The van der Waals surface area contributed by atoms with Crippen LogP contribution in [0.2, 0.25) is 0 Å². The molecule has 3 heterocycles. The monoisotopic (exact) mass is 400 g/mol. The molecule has 1 spiro atoms. The summed E-state index contributed by atoms with van der Waals surface area (Å²) in [4.78, 5) is 30.4.